The molecule has 7 nitrogen and oxygen atoms in total. The molecule has 0 aliphatic carbocycles. The Labute approximate surface area is 228 Å². The maximum Gasteiger partial charge on any atom is 0.227 e. The quantitative estimate of drug-likeness (QED) is 0.191. The lowest BCUT2D eigenvalue weighted by Crippen LogP contribution is -2.25. The Balaban J connectivity index is 1.15. The third-order valence-electron chi connectivity index (χ3n) is 7.38. The molecule has 0 saturated carbocycles. The first-order chi connectivity index (χ1) is 19.2. The highest BCUT2D eigenvalue weighted by atomic mass is 16.6. The van der Waals surface area contributed by atoms with Crippen molar-refractivity contribution in [3.05, 3.63) is 90.8 Å². The van der Waals surface area contributed by atoms with Crippen LogP contribution in [0.25, 0.3) is 11.0 Å². The normalized spacial score (nSPS) is 16.6. The molecule has 200 valence electrons. The van der Waals surface area contributed by atoms with Gasteiger partial charge in [0.25, 0.3) is 0 Å². The highest BCUT2D eigenvalue weighted by Crippen LogP contribution is 2.38. The number of anilines is 1. The number of unbranched alkanes of at least 4 members (excludes halogenated alkanes) is 1. The number of rotatable bonds is 10. The zero-order chi connectivity index (χ0) is 26.6. The molecule has 0 bridgehead atoms. The number of fused-ring (bicyclic) bond motifs is 2. The summed E-state index contributed by atoms with van der Waals surface area (Å²) >= 11 is 0. The highest BCUT2D eigenvalue weighted by molar-refractivity contribution is 5.97. The Bertz CT molecular complexity index is 1490. The highest BCUT2D eigenvalue weighted by Gasteiger charge is 2.35. The van der Waals surface area contributed by atoms with E-state index in [9.17, 15) is 4.79 Å². The molecule has 39 heavy (non-hydrogen) atoms. The fourth-order valence-electron chi connectivity index (χ4n) is 5.49. The molecular formula is C32H33N3O4. The predicted octanol–water partition coefficient (Wildman–Crippen LogP) is 5.92. The van der Waals surface area contributed by atoms with E-state index >= 15 is 0 Å². The number of carbonyl (C=O) groups excluding carboxylic acids is 1. The van der Waals surface area contributed by atoms with Crippen LogP contribution in [-0.2, 0) is 17.8 Å². The van der Waals surface area contributed by atoms with Gasteiger partial charge in [0.2, 0.25) is 5.91 Å². The molecule has 1 unspecified atom stereocenters. The molecule has 7 heteroatoms. The number of carbonyl (C=O) groups is 1. The number of ether oxygens (including phenoxy) is 3. The van der Waals surface area contributed by atoms with Crippen LogP contribution in [0.3, 0.4) is 0 Å². The molecule has 1 saturated heterocycles. The number of hydrogen-bond donors (Lipinski definition) is 0. The number of imidazole rings is 1. The summed E-state index contributed by atoms with van der Waals surface area (Å²) in [5.41, 5.74) is 4.06. The van der Waals surface area contributed by atoms with Crippen molar-refractivity contribution in [1.29, 1.82) is 0 Å². The van der Waals surface area contributed by atoms with E-state index in [-0.39, 0.29) is 11.8 Å². The molecule has 0 spiro atoms. The summed E-state index contributed by atoms with van der Waals surface area (Å²) < 4.78 is 19.8. The third-order valence-corrected chi connectivity index (χ3v) is 7.38. The SMILES string of the molecule is C=CCc1ccccc1OCCCCn1c(C2CC(=O)N(c3ccc4c(c3)OCCO4)C2)nc2ccccc21. The van der Waals surface area contributed by atoms with Crippen molar-refractivity contribution in [3.63, 3.8) is 0 Å². The molecule has 1 fully saturated rings. The van der Waals surface area contributed by atoms with Crippen molar-refractivity contribution in [2.24, 2.45) is 0 Å². The van der Waals surface area contributed by atoms with Gasteiger partial charge in [0.1, 0.15) is 24.8 Å². The van der Waals surface area contributed by atoms with Gasteiger partial charge in [-0.1, -0.05) is 36.4 Å². The van der Waals surface area contributed by atoms with Crippen molar-refractivity contribution >= 4 is 22.6 Å². The van der Waals surface area contributed by atoms with Crippen molar-refractivity contribution in [2.45, 2.75) is 38.1 Å². The molecule has 3 aromatic carbocycles. The first-order valence-corrected chi connectivity index (χ1v) is 13.7. The summed E-state index contributed by atoms with van der Waals surface area (Å²) in [5.74, 6) is 3.43. The maximum atomic E-state index is 13.2. The summed E-state index contributed by atoms with van der Waals surface area (Å²) in [6, 6.07) is 22.1. The smallest absolute Gasteiger partial charge is 0.227 e. The number of allylic oxidation sites excluding steroid dienone is 1. The van der Waals surface area contributed by atoms with Crippen molar-refractivity contribution < 1.29 is 19.0 Å². The Morgan fingerprint density at radius 1 is 1.00 bits per heavy atom. The Kier molecular flexibility index (Phi) is 7.21. The summed E-state index contributed by atoms with van der Waals surface area (Å²) in [4.78, 5) is 20.0. The summed E-state index contributed by atoms with van der Waals surface area (Å²) in [7, 11) is 0. The van der Waals surface area contributed by atoms with Crippen LogP contribution in [-0.4, -0.2) is 41.8 Å². The molecular weight excluding hydrogens is 490 g/mol. The average Bonchev–Trinajstić information content (AvgIpc) is 3.54. The number of para-hydroxylation sites is 3. The topological polar surface area (TPSA) is 65.8 Å². The van der Waals surface area contributed by atoms with Gasteiger partial charge in [-0.2, -0.15) is 0 Å². The number of amides is 1. The van der Waals surface area contributed by atoms with E-state index in [1.807, 2.05) is 65.6 Å². The van der Waals surface area contributed by atoms with Crippen molar-refractivity contribution in [1.82, 2.24) is 9.55 Å². The van der Waals surface area contributed by atoms with Gasteiger partial charge in [-0.25, -0.2) is 4.98 Å². The minimum absolute atomic E-state index is 0.0140. The number of benzene rings is 3. The number of aromatic nitrogens is 2. The van der Waals surface area contributed by atoms with E-state index in [2.05, 4.69) is 23.3 Å². The van der Waals surface area contributed by atoms with Crippen molar-refractivity contribution in [3.8, 4) is 17.2 Å². The van der Waals surface area contributed by atoms with Crippen LogP contribution >= 0.6 is 0 Å². The molecule has 1 atom stereocenters. The lowest BCUT2D eigenvalue weighted by molar-refractivity contribution is -0.117. The fraction of sp³-hybridized carbons (Fsp3) is 0.312. The molecule has 6 rings (SSSR count). The van der Waals surface area contributed by atoms with Crippen LogP contribution < -0.4 is 19.1 Å². The lowest BCUT2D eigenvalue weighted by atomic mass is 10.1. The monoisotopic (exact) mass is 523 g/mol. The summed E-state index contributed by atoms with van der Waals surface area (Å²) in [6.07, 6.45) is 4.99. The second-order valence-electron chi connectivity index (χ2n) is 10.00. The van der Waals surface area contributed by atoms with Gasteiger partial charge in [0.05, 0.1) is 17.6 Å². The number of nitrogens with zero attached hydrogens (tertiary/aromatic N) is 3. The van der Waals surface area contributed by atoms with Crippen LogP contribution in [0.1, 0.15) is 36.6 Å². The van der Waals surface area contributed by atoms with Crippen LogP contribution in [0.4, 0.5) is 5.69 Å². The van der Waals surface area contributed by atoms with E-state index in [1.54, 1.807) is 0 Å². The van der Waals surface area contributed by atoms with E-state index in [1.165, 1.54) is 0 Å². The summed E-state index contributed by atoms with van der Waals surface area (Å²) in [6.45, 7) is 6.97. The Morgan fingerprint density at radius 2 is 1.82 bits per heavy atom. The van der Waals surface area contributed by atoms with Gasteiger partial charge in [-0.3, -0.25) is 4.79 Å². The first-order valence-electron chi connectivity index (χ1n) is 13.7. The maximum absolute atomic E-state index is 13.2. The molecule has 2 aliphatic heterocycles. The van der Waals surface area contributed by atoms with Gasteiger partial charge < -0.3 is 23.7 Å². The lowest BCUT2D eigenvalue weighted by Gasteiger charge is -2.22. The first kappa shape index (κ1) is 25.0. The Morgan fingerprint density at radius 3 is 2.72 bits per heavy atom. The van der Waals surface area contributed by atoms with E-state index in [0.717, 1.165) is 65.4 Å². The van der Waals surface area contributed by atoms with E-state index in [0.29, 0.717) is 38.5 Å². The molecule has 1 amide bonds. The van der Waals surface area contributed by atoms with Crippen LogP contribution in [0, 0.1) is 0 Å². The van der Waals surface area contributed by atoms with Crippen LogP contribution in [0.2, 0.25) is 0 Å². The predicted molar refractivity (Wildman–Crippen MR) is 152 cm³/mol. The molecule has 4 aromatic rings. The third kappa shape index (κ3) is 5.21. The molecule has 3 heterocycles. The van der Waals surface area contributed by atoms with E-state index in [4.69, 9.17) is 19.2 Å². The van der Waals surface area contributed by atoms with Crippen LogP contribution in [0.15, 0.2) is 79.4 Å². The standard InChI is InChI=1S/C32H33N3O4/c1-2-9-23-10-3-6-13-28(23)37-17-8-7-16-34-27-12-5-4-11-26(27)33-32(34)24-20-31(36)35(22-24)25-14-15-29-30(21-25)39-19-18-38-29/h2-6,10-15,21,24H,1,7-9,16-20,22H2. The largest absolute Gasteiger partial charge is 0.493 e. The fourth-order valence-corrected chi connectivity index (χ4v) is 5.49. The van der Waals surface area contributed by atoms with Gasteiger partial charge in [-0.15, -0.1) is 6.58 Å². The molecule has 0 radical (unpaired) electrons. The summed E-state index contributed by atoms with van der Waals surface area (Å²) in [5, 5.41) is 0. The zero-order valence-electron chi connectivity index (χ0n) is 22.1. The number of hydrogen-bond acceptors (Lipinski definition) is 5. The van der Waals surface area contributed by atoms with E-state index < -0.39 is 0 Å². The Hall–Kier alpha value is -4.26. The van der Waals surface area contributed by atoms with Gasteiger partial charge in [-0.05, 0) is 55.2 Å². The van der Waals surface area contributed by atoms with Gasteiger partial charge in [0.15, 0.2) is 11.5 Å². The zero-order valence-corrected chi connectivity index (χ0v) is 22.1. The molecule has 0 N–H and O–H groups in total. The molecule has 1 aromatic heterocycles. The molecule has 2 aliphatic rings. The van der Waals surface area contributed by atoms with Gasteiger partial charge in [0, 0.05) is 37.2 Å². The minimum atomic E-state index is 0.0140. The number of aryl methyl sites for hydroxylation is 1. The average molecular weight is 524 g/mol. The second-order valence-corrected chi connectivity index (χ2v) is 10.00. The van der Waals surface area contributed by atoms with Crippen molar-refractivity contribution in [2.75, 3.05) is 31.3 Å². The minimum Gasteiger partial charge on any atom is -0.493 e. The van der Waals surface area contributed by atoms with Crippen LogP contribution in [0.5, 0.6) is 17.2 Å². The van der Waals surface area contributed by atoms with Gasteiger partial charge >= 0.3 is 0 Å². The second kappa shape index (κ2) is 11.2.